The Morgan fingerprint density at radius 2 is 1.75 bits per heavy atom. The van der Waals surface area contributed by atoms with Gasteiger partial charge in [-0.25, -0.2) is 12.8 Å². The first-order chi connectivity index (χ1) is 15.2. The summed E-state index contributed by atoms with van der Waals surface area (Å²) in [6, 6.07) is 10.5. The zero-order valence-corrected chi connectivity index (χ0v) is 18.7. The van der Waals surface area contributed by atoms with E-state index >= 15 is 0 Å². The number of carbonyl (C=O) groups is 1. The molecule has 0 saturated carbocycles. The smallest absolute Gasteiger partial charge is 0.187 e. The van der Waals surface area contributed by atoms with Crippen molar-refractivity contribution in [3.05, 3.63) is 105 Å². The van der Waals surface area contributed by atoms with Crippen molar-refractivity contribution in [2.45, 2.75) is 25.2 Å². The van der Waals surface area contributed by atoms with Crippen LogP contribution >= 0.6 is 0 Å². The largest absolute Gasteiger partial charge is 0.289 e. The van der Waals surface area contributed by atoms with E-state index in [-0.39, 0.29) is 29.2 Å². The fourth-order valence-corrected chi connectivity index (χ4v) is 5.95. The monoisotopic (exact) mass is 446 g/mol. The standard InChI is InChI=1S/C27H23FO3S/c1-16-6-7-19(15-32(2,30)31)22-12-13-23-26-18(14-24(29)27(23)25(16)22)4-3-5-21(26)17-8-10-20(28)11-9-17/h3-4,6-14,16,21H,5,15H2,1-2H3/t16?,21-/m0/s1. The maximum atomic E-state index is 13.5. The third-order valence-corrected chi connectivity index (χ3v) is 7.31. The average Bonchev–Trinajstić information content (AvgIpc) is 2.74. The molecule has 0 radical (unpaired) electrons. The van der Waals surface area contributed by atoms with Crippen LogP contribution in [0.15, 0.2) is 72.4 Å². The minimum Gasteiger partial charge on any atom is -0.289 e. The van der Waals surface area contributed by atoms with Crippen LogP contribution in [0, 0.1) is 5.82 Å². The number of fused-ring (bicyclic) bond motifs is 4. The van der Waals surface area contributed by atoms with Crippen LogP contribution in [0.5, 0.6) is 0 Å². The first-order valence-electron chi connectivity index (χ1n) is 10.7. The van der Waals surface area contributed by atoms with Crippen LogP contribution in [-0.4, -0.2) is 26.2 Å². The predicted molar refractivity (Wildman–Crippen MR) is 125 cm³/mol. The Morgan fingerprint density at radius 1 is 1.03 bits per heavy atom. The summed E-state index contributed by atoms with van der Waals surface area (Å²) in [5, 5.41) is 1.73. The van der Waals surface area contributed by atoms with E-state index in [4.69, 9.17) is 0 Å². The van der Waals surface area contributed by atoms with Crippen molar-refractivity contribution in [3.63, 3.8) is 0 Å². The molecule has 0 fully saturated rings. The van der Waals surface area contributed by atoms with Crippen LogP contribution in [0.3, 0.4) is 0 Å². The summed E-state index contributed by atoms with van der Waals surface area (Å²) in [4.78, 5) is 13.3. The lowest BCUT2D eigenvalue weighted by molar-refractivity contribution is 0.104. The number of halogens is 1. The number of rotatable bonds is 3. The number of hydrogen-bond acceptors (Lipinski definition) is 3. The van der Waals surface area contributed by atoms with Gasteiger partial charge < -0.3 is 0 Å². The van der Waals surface area contributed by atoms with Crippen LogP contribution in [0.25, 0.3) is 11.1 Å². The second-order valence-electron chi connectivity index (χ2n) is 8.81. The first-order valence-corrected chi connectivity index (χ1v) is 12.7. The normalized spacial score (nSPS) is 21.7. The summed E-state index contributed by atoms with van der Waals surface area (Å²) in [6.45, 7) is 2.03. The van der Waals surface area contributed by atoms with Gasteiger partial charge in [-0.15, -0.1) is 0 Å². The van der Waals surface area contributed by atoms with Gasteiger partial charge in [0.2, 0.25) is 0 Å². The topological polar surface area (TPSA) is 51.2 Å². The highest BCUT2D eigenvalue weighted by Crippen LogP contribution is 2.40. The number of benzene rings is 2. The lowest BCUT2D eigenvalue weighted by Gasteiger charge is -2.29. The lowest BCUT2D eigenvalue weighted by Crippen LogP contribution is -2.34. The van der Waals surface area contributed by atoms with E-state index in [9.17, 15) is 17.6 Å². The molecule has 2 aromatic carbocycles. The summed E-state index contributed by atoms with van der Waals surface area (Å²) >= 11 is 0. The maximum absolute atomic E-state index is 13.5. The molecule has 3 nitrogen and oxygen atoms in total. The van der Waals surface area contributed by atoms with Gasteiger partial charge in [0.1, 0.15) is 5.82 Å². The molecule has 1 unspecified atom stereocenters. The maximum Gasteiger partial charge on any atom is 0.187 e. The first kappa shape index (κ1) is 20.8. The molecule has 2 atom stereocenters. The molecule has 0 aliphatic heterocycles. The Labute approximate surface area is 186 Å². The Bertz CT molecular complexity index is 1470. The summed E-state index contributed by atoms with van der Waals surface area (Å²) < 4.78 is 37.5. The van der Waals surface area contributed by atoms with Gasteiger partial charge in [-0.05, 0) is 62.9 Å². The van der Waals surface area contributed by atoms with Crippen molar-refractivity contribution in [2.24, 2.45) is 0 Å². The Kier molecular flexibility index (Phi) is 4.90. The Hall–Kier alpha value is -3.05. The molecule has 0 heterocycles. The van der Waals surface area contributed by atoms with Gasteiger partial charge in [0.05, 0.1) is 5.75 Å². The van der Waals surface area contributed by atoms with Gasteiger partial charge in [0.25, 0.3) is 0 Å². The van der Waals surface area contributed by atoms with Crippen LogP contribution in [-0.2, 0) is 9.84 Å². The van der Waals surface area contributed by atoms with E-state index in [2.05, 4.69) is 6.08 Å². The zero-order chi connectivity index (χ0) is 22.6. The molecule has 0 N–H and O–H groups in total. The van der Waals surface area contributed by atoms with Crippen molar-refractivity contribution in [3.8, 4) is 0 Å². The summed E-state index contributed by atoms with van der Waals surface area (Å²) in [7, 11) is -3.22. The van der Waals surface area contributed by atoms with Gasteiger partial charge in [-0.3, -0.25) is 4.79 Å². The summed E-state index contributed by atoms with van der Waals surface area (Å²) in [6.07, 6.45) is 11.6. The van der Waals surface area contributed by atoms with Crippen LogP contribution in [0.4, 0.5) is 4.39 Å². The summed E-state index contributed by atoms with van der Waals surface area (Å²) in [5.74, 6) is -0.379. The van der Waals surface area contributed by atoms with Gasteiger partial charge in [-0.2, -0.15) is 0 Å². The lowest BCUT2D eigenvalue weighted by atomic mass is 9.74. The minimum absolute atomic E-state index is 0.00818. The van der Waals surface area contributed by atoms with E-state index in [0.717, 1.165) is 44.7 Å². The molecule has 5 heteroatoms. The van der Waals surface area contributed by atoms with E-state index < -0.39 is 9.84 Å². The minimum atomic E-state index is -3.22. The second-order valence-corrected chi connectivity index (χ2v) is 11.0. The molecule has 162 valence electrons. The molecule has 3 aliphatic carbocycles. The number of hydrogen-bond donors (Lipinski definition) is 0. The molecule has 0 saturated heterocycles. The SMILES string of the molecule is CC1C=CC(CS(C)(=O)=O)=c2ccc3c(c21)C(=O)C=C1C=CC[C@@H](c2ccc(F)cc2)C=31. The molecule has 0 amide bonds. The number of ketones is 1. The quantitative estimate of drug-likeness (QED) is 0.722. The Balaban J connectivity index is 1.83. The number of sulfone groups is 1. The number of carbonyl (C=O) groups excluding carboxylic acids is 1. The van der Waals surface area contributed by atoms with Crippen LogP contribution in [0.2, 0.25) is 0 Å². The molecule has 3 aliphatic rings. The third-order valence-electron chi connectivity index (χ3n) is 6.47. The average molecular weight is 447 g/mol. The highest BCUT2D eigenvalue weighted by molar-refractivity contribution is 7.91. The van der Waals surface area contributed by atoms with Gasteiger partial charge in [-0.1, -0.05) is 55.5 Å². The van der Waals surface area contributed by atoms with E-state index in [1.54, 1.807) is 6.08 Å². The summed E-state index contributed by atoms with van der Waals surface area (Å²) in [5.41, 5.74) is 5.24. The zero-order valence-electron chi connectivity index (χ0n) is 17.9. The highest BCUT2D eigenvalue weighted by atomic mass is 32.2. The molecule has 0 aromatic heterocycles. The fourth-order valence-electron chi connectivity index (χ4n) is 5.14. The van der Waals surface area contributed by atoms with Crippen molar-refractivity contribution in [1.82, 2.24) is 0 Å². The van der Waals surface area contributed by atoms with Crippen LogP contribution < -0.4 is 10.4 Å². The predicted octanol–water partition coefficient (Wildman–Crippen LogP) is 3.71. The molecule has 32 heavy (non-hydrogen) atoms. The van der Waals surface area contributed by atoms with Gasteiger partial charge in [0, 0.05) is 23.7 Å². The van der Waals surface area contributed by atoms with E-state index in [1.807, 2.05) is 49.4 Å². The van der Waals surface area contributed by atoms with Crippen molar-refractivity contribution >= 4 is 26.8 Å². The van der Waals surface area contributed by atoms with Crippen molar-refractivity contribution in [1.29, 1.82) is 0 Å². The Morgan fingerprint density at radius 3 is 2.47 bits per heavy atom. The van der Waals surface area contributed by atoms with Crippen molar-refractivity contribution < 1.29 is 17.6 Å². The second kappa shape index (κ2) is 7.52. The van der Waals surface area contributed by atoms with Gasteiger partial charge >= 0.3 is 0 Å². The molecular weight excluding hydrogens is 423 g/mol. The molecule has 0 spiro atoms. The molecule has 0 bridgehead atoms. The number of allylic oxidation sites excluding steroid dienone is 6. The highest BCUT2D eigenvalue weighted by Gasteiger charge is 2.30. The van der Waals surface area contributed by atoms with E-state index in [0.29, 0.717) is 5.56 Å². The van der Waals surface area contributed by atoms with Gasteiger partial charge in [0.15, 0.2) is 15.6 Å². The third kappa shape index (κ3) is 3.51. The molecule has 2 aromatic rings. The molecular formula is C27H23FO3S. The van der Waals surface area contributed by atoms with Crippen LogP contribution in [0.1, 0.15) is 46.7 Å². The van der Waals surface area contributed by atoms with Crippen molar-refractivity contribution in [2.75, 3.05) is 12.0 Å². The molecule has 5 rings (SSSR count). The fraction of sp³-hybridized carbons (Fsp3) is 0.222. The van der Waals surface area contributed by atoms with E-state index in [1.165, 1.54) is 18.4 Å².